The minimum Gasteiger partial charge on any atom is -0.296 e. The Morgan fingerprint density at radius 2 is 2.00 bits per heavy atom. The number of hydrogen-bond acceptors (Lipinski definition) is 4. The van der Waals surface area contributed by atoms with Gasteiger partial charge in [-0.3, -0.25) is 13.3 Å². The van der Waals surface area contributed by atoms with Crippen LogP contribution in [-0.4, -0.2) is 40.8 Å². The van der Waals surface area contributed by atoms with Gasteiger partial charge in [0.1, 0.15) is 12.2 Å². The Morgan fingerprint density at radius 3 is 2.70 bits per heavy atom. The van der Waals surface area contributed by atoms with Gasteiger partial charge in [0.15, 0.2) is 0 Å². The first-order chi connectivity index (χ1) is 9.63. The predicted octanol–water partition coefficient (Wildman–Crippen LogP) is 1.75. The Balaban J connectivity index is 1.73. The number of piperidine rings is 1. The van der Waals surface area contributed by atoms with Crippen molar-refractivity contribution in [3.05, 3.63) is 35.9 Å². The molecule has 2 aliphatic heterocycles. The summed E-state index contributed by atoms with van der Waals surface area (Å²) in [6.45, 7) is 1.24. The minimum absolute atomic E-state index is 0.217. The molecular formula is C13H15F2NO3S. The average Bonchev–Trinajstić information content (AvgIpc) is 2.79. The van der Waals surface area contributed by atoms with Crippen LogP contribution in [0.5, 0.6) is 0 Å². The van der Waals surface area contributed by atoms with Crippen LogP contribution in [0.4, 0.5) is 8.78 Å². The van der Waals surface area contributed by atoms with Crippen molar-refractivity contribution in [2.75, 3.05) is 13.1 Å². The maximum atomic E-state index is 13.1. The Labute approximate surface area is 118 Å². The Hall–Kier alpha value is -0.890. The summed E-state index contributed by atoms with van der Waals surface area (Å²) in [6, 6.07) is 9.64. The number of rotatable bonds is 3. The van der Waals surface area contributed by atoms with E-state index in [2.05, 4.69) is 0 Å². The lowest BCUT2D eigenvalue weighted by Gasteiger charge is -2.37. The second-order valence-corrected chi connectivity index (χ2v) is 5.87. The molecule has 0 saturated carbocycles. The molecule has 0 N–H and O–H groups in total. The van der Waals surface area contributed by atoms with Gasteiger partial charge in [0.25, 0.3) is 0 Å². The standard InChI is InChI=1S/C13H15F2NO3S/c14-13(15)10-7-16(6-9-4-2-1-3-5-9)8-11-12(10)19-20(17)18-11/h1-5,10-13H,6-8H2/t10?,11-,12-,20?/m1/s1. The van der Waals surface area contributed by atoms with Gasteiger partial charge in [0, 0.05) is 19.6 Å². The van der Waals surface area contributed by atoms with E-state index in [0.29, 0.717) is 13.1 Å². The molecule has 4 atom stereocenters. The number of benzene rings is 1. The van der Waals surface area contributed by atoms with E-state index in [1.54, 1.807) is 0 Å². The van der Waals surface area contributed by atoms with E-state index in [4.69, 9.17) is 8.37 Å². The lowest BCUT2D eigenvalue weighted by molar-refractivity contribution is -0.0637. The molecule has 0 aliphatic carbocycles. The summed E-state index contributed by atoms with van der Waals surface area (Å²) >= 11 is -1.90. The molecule has 0 amide bonds. The number of fused-ring (bicyclic) bond motifs is 1. The summed E-state index contributed by atoms with van der Waals surface area (Å²) in [5.74, 6) is -0.969. The van der Waals surface area contributed by atoms with Crippen LogP contribution in [0, 0.1) is 5.92 Å². The maximum absolute atomic E-state index is 13.1. The molecule has 2 saturated heterocycles. The highest BCUT2D eigenvalue weighted by Gasteiger charge is 2.48. The zero-order chi connectivity index (χ0) is 14.1. The number of alkyl halides is 2. The molecule has 0 bridgehead atoms. The summed E-state index contributed by atoms with van der Waals surface area (Å²) < 4.78 is 47.6. The van der Waals surface area contributed by atoms with E-state index in [1.807, 2.05) is 35.2 Å². The normalized spacial score (nSPS) is 34.4. The van der Waals surface area contributed by atoms with E-state index in [1.165, 1.54) is 0 Å². The Morgan fingerprint density at radius 1 is 1.25 bits per heavy atom. The molecule has 0 aromatic heterocycles. The summed E-state index contributed by atoms with van der Waals surface area (Å²) in [5, 5.41) is 0. The van der Waals surface area contributed by atoms with Gasteiger partial charge in [-0.25, -0.2) is 8.78 Å². The largest absolute Gasteiger partial charge is 0.305 e. The van der Waals surface area contributed by atoms with E-state index in [-0.39, 0.29) is 6.54 Å². The fourth-order valence-corrected chi connectivity index (χ4v) is 3.60. The number of hydrogen-bond donors (Lipinski definition) is 0. The predicted molar refractivity (Wildman–Crippen MR) is 69.1 cm³/mol. The summed E-state index contributed by atoms with van der Waals surface area (Å²) in [4.78, 5) is 1.90. The SMILES string of the molecule is O=S1O[C@@H]2C(C(F)F)CN(Cc3ccccc3)C[C@H]2O1. The lowest BCUT2D eigenvalue weighted by atomic mass is 9.92. The second-order valence-electron chi connectivity index (χ2n) is 5.08. The number of halogens is 2. The number of likely N-dealkylation sites (tertiary alicyclic amines) is 1. The molecule has 2 unspecified atom stereocenters. The molecule has 0 spiro atoms. The van der Waals surface area contributed by atoms with Crippen molar-refractivity contribution in [2.45, 2.75) is 25.2 Å². The quantitative estimate of drug-likeness (QED) is 0.853. The zero-order valence-corrected chi connectivity index (χ0v) is 11.5. The second kappa shape index (κ2) is 5.85. The van der Waals surface area contributed by atoms with Crippen molar-refractivity contribution >= 4 is 11.4 Å². The van der Waals surface area contributed by atoms with E-state index in [9.17, 15) is 13.0 Å². The Bertz CT molecular complexity index is 488. The van der Waals surface area contributed by atoms with Gasteiger partial charge in [0.05, 0.1) is 5.92 Å². The van der Waals surface area contributed by atoms with Crippen LogP contribution >= 0.6 is 0 Å². The van der Waals surface area contributed by atoms with Crippen molar-refractivity contribution in [3.8, 4) is 0 Å². The van der Waals surface area contributed by atoms with Gasteiger partial charge in [-0.05, 0) is 5.56 Å². The van der Waals surface area contributed by atoms with Crippen LogP contribution in [0.15, 0.2) is 30.3 Å². The molecule has 1 aromatic rings. The first-order valence-corrected chi connectivity index (χ1v) is 7.44. The summed E-state index contributed by atoms with van der Waals surface area (Å²) in [5.41, 5.74) is 1.05. The maximum Gasteiger partial charge on any atom is 0.305 e. The molecule has 20 heavy (non-hydrogen) atoms. The smallest absolute Gasteiger partial charge is 0.296 e. The fourth-order valence-electron chi connectivity index (χ4n) is 2.74. The molecule has 4 nitrogen and oxygen atoms in total. The molecule has 2 heterocycles. The highest BCUT2D eigenvalue weighted by molar-refractivity contribution is 7.75. The van der Waals surface area contributed by atoms with Gasteiger partial charge in [0.2, 0.25) is 6.43 Å². The van der Waals surface area contributed by atoms with Gasteiger partial charge < -0.3 is 0 Å². The van der Waals surface area contributed by atoms with E-state index >= 15 is 0 Å². The van der Waals surface area contributed by atoms with Crippen LogP contribution in [0.2, 0.25) is 0 Å². The van der Waals surface area contributed by atoms with E-state index < -0.39 is 35.9 Å². The molecule has 3 rings (SSSR count). The van der Waals surface area contributed by atoms with Crippen molar-refractivity contribution in [1.82, 2.24) is 4.90 Å². The van der Waals surface area contributed by atoms with Gasteiger partial charge >= 0.3 is 11.4 Å². The third kappa shape index (κ3) is 2.90. The number of nitrogens with zero attached hydrogens (tertiary/aromatic N) is 1. The van der Waals surface area contributed by atoms with Gasteiger partial charge in [-0.2, -0.15) is 4.21 Å². The van der Waals surface area contributed by atoms with Crippen molar-refractivity contribution in [3.63, 3.8) is 0 Å². The third-order valence-corrected chi connectivity index (χ3v) is 4.44. The highest BCUT2D eigenvalue weighted by atomic mass is 32.2. The highest BCUT2D eigenvalue weighted by Crippen LogP contribution is 2.33. The van der Waals surface area contributed by atoms with Crippen LogP contribution in [0.3, 0.4) is 0 Å². The molecule has 2 aliphatic rings. The summed E-state index contributed by atoms with van der Waals surface area (Å²) in [6.07, 6.45) is -3.84. The van der Waals surface area contributed by atoms with Crippen molar-refractivity contribution in [2.24, 2.45) is 5.92 Å². The topological polar surface area (TPSA) is 38.8 Å². The third-order valence-electron chi connectivity index (χ3n) is 3.66. The van der Waals surface area contributed by atoms with Crippen LogP contribution < -0.4 is 0 Å². The van der Waals surface area contributed by atoms with Gasteiger partial charge in [-0.15, -0.1) is 0 Å². The van der Waals surface area contributed by atoms with Crippen molar-refractivity contribution in [1.29, 1.82) is 0 Å². The first kappa shape index (κ1) is 14.1. The molecule has 7 heteroatoms. The molecule has 2 fully saturated rings. The zero-order valence-electron chi connectivity index (χ0n) is 10.7. The van der Waals surface area contributed by atoms with Crippen LogP contribution in [-0.2, 0) is 26.3 Å². The minimum atomic E-state index is -2.51. The summed E-state index contributed by atoms with van der Waals surface area (Å²) in [7, 11) is 0. The molecular weight excluding hydrogens is 288 g/mol. The molecule has 0 radical (unpaired) electrons. The molecule has 1 aromatic carbocycles. The van der Waals surface area contributed by atoms with Gasteiger partial charge in [-0.1, -0.05) is 30.3 Å². The first-order valence-electron chi connectivity index (χ1n) is 6.44. The van der Waals surface area contributed by atoms with E-state index in [0.717, 1.165) is 5.56 Å². The van der Waals surface area contributed by atoms with Crippen LogP contribution in [0.25, 0.3) is 0 Å². The van der Waals surface area contributed by atoms with Crippen LogP contribution in [0.1, 0.15) is 5.56 Å². The fraction of sp³-hybridized carbons (Fsp3) is 0.538. The monoisotopic (exact) mass is 303 g/mol. The van der Waals surface area contributed by atoms with Crippen molar-refractivity contribution < 1.29 is 21.4 Å². The molecule has 110 valence electrons. The lowest BCUT2D eigenvalue weighted by Crippen LogP contribution is -2.52. The Kier molecular flexibility index (Phi) is 4.11. The average molecular weight is 303 g/mol.